The fraction of sp³-hybridized carbons (Fsp3) is 0.429. The average molecular weight is 671 g/mol. The number of aliphatic hydroxyl groups excluding tert-OH is 1. The second-order valence-corrected chi connectivity index (χ2v) is 11.6. The maximum atomic E-state index is 13.3. The van der Waals surface area contributed by atoms with E-state index in [-0.39, 0.29) is 46.4 Å². The van der Waals surface area contributed by atoms with Crippen LogP contribution in [0.15, 0.2) is 82.8 Å². The Morgan fingerprint density at radius 1 is 0.979 bits per heavy atom. The number of benzene rings is 1. The molecule has 0 aromatic heterocycles. The monoisotopic (exact) mass is 670 g/mol. The number of aliphatic hydroxyl groups is 1. The second kappa shape index (κ2) is 18.6. The van der Waals surface area contributed by atoms with Crippen LogP contribution < -0.4 is 11.1 Å². The molecule has 0 radical (unpaired) electrons. The Morgan fingerprint density at radius 3 is 2.10 bits per heavy atom. The zero-order chi connectivity index (χ0) is 36.1. The number of fused-ring (bicyclic) bond motifs is 2. The molecule has 1 aromatic rings. The number of ketones is 2. The van der Waals surface area contributed by atoms with Crippen LogP contribution in [0.4, 0.5) is 4.79 Å². The van der Waals surface area contributed by atoms with Crippen LogP contribution >= 0.6 is 0 Å². The Bertz CT molecular complexity index is 1450. The number of nitrogens with one attached hydrogen (secondary N) is 1. The van der Waals surface area contributed by atoms with Gasteiger partial charge in [-0.3, -0.25) is 14.4 Å². The molecule has 13 nitrogen and oxygen atoms in total. The van der Waals surface area contributed by atoms with Gasteiger partial charge in [0.15, 0.2) is 11.9 Å². The summed E-state index contributed by atoms with van der Waals surface area (Å²) in [5, 5.41) is 31.0. The van der Waals surface area contributed by atoms with Gasteiger partial charge < -0.3 is 45.3 Å². The van der Waals surface area contributed by atoms with Gasteiger partial charge in [0.2, 0.25) is 11.6 Å². The highest BCUT2D eigenvalue weighted by Gasteiger charge is 2.34. The number of hydrogen-bond acceptors (Lipinski definition) is 11. The molecular weight excluding hydrogens is 624 g/mol. The smallest absolute Gasteiger partial charge is 0.405 e. The maximum Gasteiger partial charge on any atom is 0.405 e. The van der Waals surface area contributed by atoms with Crippen LogP contribution in [-0.2, 0) is 33.3 Å². The number of rotatable bonds is 4. The number of aromatic hydroxyl groups is 2. The van der Waals surface area contributed by atoms with E-state index in [9.17, 15) is 24.3 Å². The van der Waals surface area contributed by atoms with Gasteiger partial charge in [0.25, 0.3) is 5.91 Å². The van der Waals surface area contributed by atoms with Gasteiger partial charge in [-0.2, -0.15) is 0 Å². The number of nitrogens with two attached hydrogens (primary N) is 1. The molecule has 1 aliphatic carbocycles. The quantitative estimate of drug-likeness (QED) is 0.178. The highest BCUT2D eigenvalue weighted by atomic mass is 16.6. The van der Waals surface area contributed by atoms with Gasteiger partial charge >= 0.3 is 6.09 Å². The van der Waals surface area contributed by atoms with Crippen molar-refractivity contribution in [3.8, 4) is 11.5 Å². The molecule has 1 aliphatic heterocycles. The van der Waals surface area contributed by atoms with E-state index in [4.69, 9.17) is 34.9 Å². The number of phenolic OH excluding ortho intramolecular Hbond substituents is 2. The first-order chi connectivity index (χ1) is 22.6. The van der Waals surface area contributed by atoms with Crippen LogP contribution in [0.1, 0.15) is 40.5 Å². The molecule has 2 bridgehead atoms. The van der Waals surface area contributed by atoms with Gasteiger partial charge in [0, 0.05) is 37.4 Å². The number of hydrogen-bond donors (Lipinski definition) is 5. The molecule has 0 unspecified atom stereocenters. The van der Waals surface area contributed by atoms with E-state index in [1.807, 2.05) is 6.92 Å². The van der Waals surface area contributed by atoms with E-state index >= 15 is 0 Å². The molecule has 262 valence electrons. The van der Waals surface area contributed by atoms with Gasteiger partial charge in [0.1, 0.15) is 17.6 Å². The SMILES string of the molecule is COC1=C2C[C@@H](C)C[C@H](OC)[C@H](O)[C@@H](C)/C=C(\C)[C@H](OC(N)=O)[C@@H](OC)/C=C\C=C(/C)C(=O)NC(=CC1=O)C2=O.Oc1ccc(O)cc1. The Balaban J connectivity index is 0.000000870. The summed E-state index contributed by atoms with van der Waals surface area (Å²) in [4.78, 5) is 50.6. The summed E-state index contributed by atoms with van der Waals surface area (Å²) < 4.78 is 21.7. The van der Waals surface area contributed by atoms with Crippen molar-refractivity contribution in [2.24, 2.45) is 17.6 Å². The number of carbonyl (C=O) groups is 4. The molecule has 2 amide bonds. The molecule has 2 aliphatic rings. The molecule has 1 aromatic carbocycles. The molecule has 1 heterocycles. The van der Waals surface area contributed by atoms with Crippen molar-refractivity contribution in [2.75, 3.05) is 21.3 Å². The fourth-order valence-electron chi connectivity index (χ4n) is 5.23. The van der Waals surface area contributed by atoms with Crippen LogP contribution in [0.5, 0.6) is 11.5 Å². The Hall–Kier alpha value is -4.72. The molecule has 3 rings (SSSR count). The first kappa shape index (κ1) is 39.5. The summed E-state index contributed by atoms with van der Waals surface area (Å²) in [6.45, 7) is 6.92. The summed E-state index contributed by atoms with van der Waals surface area (Å²) >= 11 is 0. The molecule has 6 N–H and O–H groups in total. The topological polar surface area (TPSA) is 204 Å². The summed E-state index contributed by atoms with van der Waals surface area (Å²) in [6.07, 6.45) is 3.61. The summed E-state index contributed by atoms with van der Waals surface area (Å²) in [5.41, 5.74) is 6.12. The molecule has 48 heavy (non-hydrogen) atoms. The lowest BCUT2D eigenvalue weighted by Crippen LogP contribution is -2.37. The second-order valence-electron chi connectivity index (χ2n) is 11.6. The van der Waals surface area contributed by atoms with Gasteiger partial charge in [-0.05, 0) is 62.4 Å². The van der Waals surface area contributed by atoms with Crippen LogP contribution in [-0.4, -0.2) is 84.6 Å². The third-order valence-electron chi connectivity index (χ3n) is 7.80. The van der Waals surface area contributed by atoms with E-state index in [1.54, 1.807) is 32.1 Å². The Morgan fingerprint density at radius 2 is 1.58 bits per heavy atom. The first-order valence-corrected chi connectivity index (χ1v) is 15.2. The zero-order valence-electron chi connectivity index (χ0n) is 28.3. The minimum atomic E-state index is -1.00. The summed E-state index contributed by atoms with van der Waals surface area (Å²) in [7, 11) is 4.21. The van der Waals surface area contributed by atoms with Gasteiger partial charge in [-0.1, -0.05) is 38.2 Å². The van der Waals surface area contributed by atoms with Crippen molar-refractivity contribution < 1.29 is 53.4 Å². The standard InChI is InChI=1S/C29H40N2O9.C6H6O2/c1-15-11-19-25(34)20(14-21(32)27(19)39-7)31-28(35)16(2)9-8-10-22(37-5)26(40-29(30)36)18(4)13-17(3)24(33)23(12-15)38-6;7-5-1-2-6(8)4-3-5/h8-10,13-15,17,22-24,26,33H,11-12H2,1-7H3,(H2,30,36)(H,31,35);1-4,7-8H/b10-8-,16-9+,18-13+;/t15-,17+,22+,23+,24-,26+;/m1./s1. The minimum absolute atomic E-state index is 0.0801. The highest BCUT2D eigenvalue weighted by Crippen LogP contribution is 2.29. The number of carbonyl (C=O) groups excluding carboxylic acids is 4. The van der Waals surface area contributed by atoms with Crippen molar-refractivity contribution in [1.82, 2.24) is 5.32 Å². The zero-order valence-corrected chi connectivity index (χ0v) is 28.3. The molecular formula is C35H46N2O11. The van der Waals surface area contributed by atoms with Crippen molar-refractivity contribution >= 4 is 23.6 Å². The Labute approximate surface area is 280 Å². The third kappa shape index (κ3) is 11.2. The van der Waals surface area contributed by atoms with Crippen molar-refractivity contribution in [1.29, 1.82) is 0 Å². The van der Waals surface area contributed by atoms with Crippen LogP contribution in [0.2, 0.25) is 0 Å². The fourth-order valence-corrected chi connectivity index (χ4v) is 5.23. The van der Waals surface area contributed by atoms with Crippen LogP contribution in [0.25, 0.3) is 0 Å². The molecule has 13 heteroatoms. The normalized spacial score (nSPS) is 28.8. The van der Waals surface area contributed by atoms with E-state index in [1.165, 1.54) is 58.6 Å². The largest absolute Gasteiger partial charge is 0.508 e. The number of phenols is 2. The summed E-state index contributed by atoms with van der Waals surface area (Å²) in [5.74, 6) is -2.05. The maximum absolute atomic E-state index is 13.3. The van der Waals surface area contributed by atoms with Crippen molar-refractivity contribution in [2.45, 2.75) is 65.0 Å². The van der Waals surface area contributed by atoms with Crippen LogP contribution in [0.3, 0.4) is 0 Å². The third-order valence-corrected chi connectivity index (χ3v) is 7.80. The van der Waals surface area contributed by atoms with Gasteiger partial charge in [-0.25, -0.2) is 4.79 Å². The predicted octanol–water partition coefficient (Wildman–Crippen LogP) is 3.51. The van der Waals surface area contributed by atoms with E-state index in [0.29, 0.717) is 12.0 Å². The van der Waals surface area contributed by atoms with Gasteiger partial charge in [-0.15, -0.1) is 0 Å². The van der Waals surface area contributed by atoms with Crippen LogP contribution in [0, 0.1) is 11.8 Å². The number of amides is 2. The lowest BCUT2D eigenvalue weighted by Gasteiger charge is -2.29. The number of primary amides is 1. The number of ether oxygens (including phenoxy) is 4. The molecule has 0 saturated heterocycles. The van der Waals surface area contributed by atoms with Gasteiger partial charge in [0.05, 0.1) is 25.0 Å². The van der Waals surface area contributed by atoms with E-state index in [2.05, 4.69) is 5.32 Å². The van der Waals surface area contributed by atoms with E-state index < -0.39 is 53.9 Å². The first-order valence-electron chi connectivity index (χ1n) is 15.2. The summed E-state index contributed by atoms with van der Waals surface area (Å²) in [6, 6.07) is 5.70. The van der Waals surface area contributed by atoms with E-state index in [0.717, 1.165) is 6.08 Å². The minimum Gasteiger partial charge on any atom is -0.508 e. The van der Waals surface area contributed by atoms with Crippen molar-refractivity contribution in [3.63, 3.8) is 0 Å². The molecule has 0 fully saturated rings. The Kier molecular flexibility index (Phi) is 15.3. The average Bonchev–Trinajstić information content (AvgIpc) is 3.04. The lowest BCUT2D eigenvalue weighted by atomic mass is 9.85. The molecule has 0 spiro atoms. The molecule has 0 saturated carbocycles. The number of Topliss-reactive ketones (excluding diaryl/α,β-unsaturated/α-hetero) is 1. The number of allylic oxidation sites excluding steroid dienone is 4. The van der Waals surface area contributed by atoms with Crippen molar-refractivity contribution in [3.05, 3.63) is 82.8 Å². The lowest BCUT2D eigenvalue weighted by molar-refractivity contribution is -0.120. The highest BCUT2D eigenvalue weighted by molar-refractivity contribution is 6.23. The predicted molar refractivity (Wildman–Crippen MR) is 176 cm³/mol. The number of methoxy groups -OCH3 is 3. The molecule has 6 atom stereocenters.